The highest BCUT2D eigenvalue weighted by Crippen LogP contribution is 2.22. The molecule has 1 heterocycles. The number of piperidine rings is 1. The number of β-amino-alcohol motifs (C(OH)–C–C–N with tert-alkyl or cyclic N) is 1. The van der Waals surface area contributed by atoms with Crippen LogP contribution in [0, 0.1) is 0 Å². The molecule has 1 unspecified atom stereocenters. The highest BCUT2D eigenvalue weighted by molar-refractivity contribution is 6.31. The van der Waals surface area contributed by atoms with Crippen LogP contribution in [0.4, 0.5) is 0 Å². The predicted molar refractivity (Wildman–Crippen MR) is 76.2 cm³/mol. The quantitative estimate of drug-likeness (QED) is 0.925. The van der Waals surface area contributed by atoms with E-state index in [9.17, 15) is 9.90 Å². The molecule has 0 radical (unpaired) electrons. The molecule has 1 fully saturated rings. The fourth-order valence-corrected chi connectivity index (χ4v) is 2.76. The maximum absolute atomic E-state index is 12.1. The van der Waals surface area contributed by atoms with E-state index >= 15 is 0 Å². The van der Waals surface area contributed by atoms with Crippen LogP contribution in [0.25, 0.3) is 0 Å². The van der Waals surface area contributed by atoms with E-state index in [0.29, 0.717) is 24.4 Å². The van der Waals surface area contributed by atoms with E-state index in [0.717, 1.165) is 24.9 Å². The molecule has 104 valence electrons. The fraction of sp³-hybridized carbons (Fsp3) is 0.533. The van der Waals surface area contributed by atoms with Gasteiger partial charge in [-0.25, -0.2) is 0 Å². The van der Waals surface area contributed by atoms with Crippen LogP contribution in [0.3, 0.4) is 0 Å². The smallest absolute Gasteiger partial charge is 0.223 e. The van der Waals surface area contributed by atoms with Gasteiger partial charge in [0.15, 0.2) is 0 Å². The van der Waals surface area contributed by atoms with Crippen LogP contribution >= 0.6 is 11.6 Å². The number of aliphatic hydroxyl groups is 1. The Hall–Kier alpha value is -1.06. The minimum Gasteiger partial charge on any atom is -0.388 e. The zero-order valence-electron chi connectivity index (χ0n) is 11.2. The van der Waals surface area contributed by atoms with Crippen LogP contribution in [-0.4, -0.2) is 34.6 Å². The van der Waals surface area contributed by atoms with E-state index in [1.165, 1.54) is 0 Å². The summed E-state index contributed by atoms with van der Waals surface area (Å²) in [4.78, 5) is 13.9. The van der Waals surface area contributed by atoms with Gasteiger partial charge in [-0.1, -0.05) is 29.8 Å². The Morgan fingerprint density at radius 3 is 2.89 bits per heavy atom. The average Bonchev–Trinajstić information content (AvgIpc) is 2.36. The van der Waals surface area contributed by atoms with Gasteiger partial charge in [0, 0.05) is 24.5 Å². The standard InChI is InChI=1S/C15H20ClNO2/c1-15(19)9-4-10-17(11-15)14(18)8-7-12-5-2-3-6-13(12)16/h2-3,5-6,19H,4,7-11H2,1H3. The zero-order chi connectivity index (χ0) is 13.9. The van der Waals surface area contributed by atoms with Gasteiger partial charge >= 0.3 is 0 Å². The van der Waals surface area contributed by atoms with E-state index in [2.05, 4.69) is 0 Å². The van der Waals surface area contributed by atoms with Crippen molar-refractivity contribution >= 4 is 17.5 Å². The average molecular weight is 282 g/mol. The first-order valence-electron chi connectivity index (χ1n) is 6.71. The van der Waals surface area contributed by atoms with Crippen molar-refractivity contribution in [3.63, 3.8) is 0 Å². The van der Waals surface area contributed by atoms with Gasteiger partial charge in [0.05, 0.1) is 5.60 Å². The summed E-state index contributed by atoms with van der Waals surface area (Å²) in [6.07, 6.45) is 2.73. The van der Waals surface area contributed by atoms with Crippen molar-refractivity contribution in [2.45, 2.75) is 38.2 Å². The monoisotopic (exact) mass is 281 g/mol. The van der Waals surface area contributed by atoms with Crippen LogP contribution in [0.15, 0.2) is 24.3 Å². The third kappa shape index (κ3) is 3.95. The minimum atomic E-state index is -0.738. The summed E-state index contributed by atoms with van der Waals surface area (Å²) in [5, 5.41) is 10.7. The molecule has 1 atom stereocenters. The van der Waals surface area contributed by atoms with E-state index in [1.807, 2.05) is 24.3 Å². The Balaban J connectivity index is 1.90. The summed E-state index contributed by atoms with van der Waals surface area (Å²) >= 11 is 6.07. The maximum atomic E-state index is 12.1. The second kappa shape index (κ2) is 5.93. The molecule has 1 aromatic rings. The van der Waals surface area contributed by atoms with Crippen LogP contribution in [-0.2, 0) is 11.2 Å². The van der Waals surface area contributed by atoms with Crippen molar-refractivity contribution in [2.24, 2.45) is 0 Å². The molecule has 3 nitrogen and oxygen atoms in total. The minimum absolute atomic E-state index is 0.0971. The zero-order valence-corrected chi connectivity index (χ0v) is 12.0. The van der Waals surface area contributed by atoms with Crippen LogP contribution < -0.4 is 0 Å². The second-order valence-electron chi connectivity index (χ2n) is 5.51. The molecule has 2 rings (SSSR count). The Kier molecular flexibility index (Phi) is 4.48. The maximum Gasteiger partial charge on any atom is 0.223 e. The van der Waals surface area contributed by atoms with E-state index in [1.54, 1.807) is 11.8 Å². The first-order valence-corrected chi connectivity index (χ1v) is 7.09. The van der Waals surface area contributed by atoms with Crippen molar-refractivity contribution in [1.82, 2.24) is 4.90 Å². The molecule has 1 aliphatic rings. The molecule has 1 aliphatic heterocycles. The van der Waals surface area contributed by atoms with Gasteiger partial charge in [-0.3, -0.25) is 4.79 Å². The van der Waals surface area contributed by atoms with E-state index in [4.69, 9.17) is 11.6 Å². The number of carbonyl (C=O) groups excluding carboxylic acids is 1. The molecule has 0 aromatic heterocycles. The number of carbonyl (C=O) groups is 1. The third-order valence-electron chi connectivity index (χ3n) is 3.59. The molecule has 1 N–H and O–H groups in total. The summed E-state index contributed by atoms with van der Waals surface area (Å²) in [6.45, 7) is 2.98. The highest BCUT2D eigenvalue weighted by atomic mass is 35.5. The number of hydrogen-bond acceptors (Lipinski definition) is 2. The molecular formula is C15H20ClNO2. The lowest BCUT2D eigenvalue weighted by Gasteiger charge is -2.36. The van der Waals surface area contributed by atoms with Crippen LogP contribution in [0.2, 0.25) is 5.02 Å². The highest BCUT2D eigenvalue weighted by Gasteiger charge is 2.30. The number of aryl methyl sites for hydroxylation is 1. The van der Waals surface area contributed by atoms with Gasteiger partial charge in [-0.15, -0.1) is 0 Å². The van der Waals surface area contributed by atoms with E-state index < -0.39 is 5.60 Å². The van der Waals surface area contributed by atoms with Gasteiger partial charge in [-0.2, -0.15) is 0 Å². The number of nitrogens with zero attached hydrogens (tertiary/aromatic N) is 1. The number of hydrogen-bond donors (Lipinski definition) is 1. The Bertz CT molecular complexity index is 459. The van der Waals surface area contributed by atoms with Crippen molar-refractivity contribution in [3.05, 3.63) is 34.9 Å². The van der Waals surface area contributed by atoms with Gasteiger partial charge in [0.25, 0.3) is 0 Å². The first-order chi connectivity index (χ1) is 8.98. The molecule has 1 aromatic carbocycles. The Morgan fingerprint density at radius 2 is 2.21 bits per heavy atom. The van der Waals surface area contributed by atoms with Gasteiger partial charge in [0.1, 0.15) is 0 Å². The molecule has 1 saturated heterocycles. The number of benzene rings is 1. The Labute approximate surface area is 119 Å². The van der Waals surface area contributed by atoms with Gasteiger partial charge in [-0.05, 0) is 37.8 Å². The Morgan fingerprint density at radius 1 is 1.47 bits per heavy atom. The molecule has 1 amide bonds. The van der Waals surface area contributed by atoms with Crippen molar-refractivity contribution in [1.29, 1.82) is 0 Å². The summed E-state index contributed by atoms with van der Waals surface area (Å²) in [7, 11) is 0. The molecule has 19 heavy (non-hydrogen) atoms. The molecule has 0 aliphatic carbocycles. The molecule has 4 heteroatoms. The number of likely N-dealkylation sites (tertiary alicyclic amines) is 1. The third-order valence-corrected chi connectivity index (χ3v) is 3.96. The summed E-state index contributed by atoms with van der Waals surface area (Å²) in [6, 6.07) is 7.60. The lowest BCUT2D eigenvalue weighted by atomic mass is 9.95. The SMILES string of the molecule is CC1(O)CCCN(C(=O)CCc2ccccc2Cl)C1. The van der Waals surface area contributed by atoms with Crippen LogP contribution in [0.5, 0.6) is 0 Å². The number of halogens is 1. The summed E-state index contributed by atoms with van der Waals surface area (Å²) in [5.74, 6) is 0.0971. The first kappa shape index (κ1) is 14.4. The second-order valence-corrected chi connectivity index (χ2v) is 5.91. The number of rotatable bonds is 3. The molecular weight excluding hydrogens is 262 g/mol. The van der Waals surface area contributed by atoms with Gasteiger partial charge < -0.3 is 10.0 Å². The summed E-state index contributed by atoms with van der Waals surface area (Å²) < 4.78 is 0. The lowest BCUT2D eigenvalue weighted by Crippen LogP contribution is -2.48. The van der Waals surface area contributed by atoms with Crippen molar-refractivity contribution in [3.8, 4) is 0 Å². The molecule has 0 saturated carbocycles. The largest absolute Gasteiger partial charge is 0.388 e. The van der Waals surface area contributed by atoms with Crippen LogP contribution in [0.1, 0.15) is 31.7 Å². The van der Waals surface area contributed by atoms with Crippen molar-refractivity contribution in [2.75, 3.05) is 13.1 Å². The fourth-order valence-electron chi connectivity index (χ4n) is 2.53. The van der Waals surface area contributed by atoms with Gasteiger partial charge in [0.2, 0.25) is 5.91 Å². The normalized spacial score (nSPS) is 23.4. The number of amides is 1. The topological polar surface area (TPSA) is 40.5 Å². The molecule has 0 bridgehead atoms. The molecule has 0 spiro atoms. The lowest BCUT2D eigenvalue weighted by molar-refractivity contribution is -0.137. The predicted octanol–water partition coefficient (Wildman–Crippen LogP) is 2.65. The van der Waals surface area contributed by atoms with Crippen molar-refractivity contribution < 1.29 is 9.90 Å². The van der Waals surface area contributed by atoms with E-state index in [-0.39, 0.29) is 5.91 Å². The summed E-state index contributed by atoms with van der Waals surface area (Å²) in [5.41, 5.74) is 0.263.